The quantitative estimate of drug-likeness (QED) is 0.705. The van der Waals surface area contributed by atoms with Crippen molar-refractivity contribution < 1.29 is 0 Å². The van der Waals surface area contributed by atoms with E-state index < -0.39 is 0 Å². The van der Waals surface area contributed by atoms with Crippen molar-refractivity contribution in [2.24, 2.45) is 0 Å². The van der Waals surface area contributed by atoms with Gasteiger partial charge >= 0.3 is 0 Å². The molecule has 2 heterocycles. The van der Waals surface area contributed by atoms with Gasteiger partial charge in [0.25, 0.3) is 0 Å². The Labute approximate surface area is 83.7 Å². The first-order chi connectivity index (χ1) is 5.77. The summed E-state index contributed by atoms with van der Waals surface area (Å²) in [5, 5.41) is 3.06. The van der Waals surface area contributed by atoms with Crippen molar-refractivity contribution in [3.8, 4) is 9.88 Å². The number of nitrogens with zero attached hydrogens (tertiary/aromatic N) is 1. The third kappa shape index (κ3) is 1.40. The molecule has 0 bridgehead atoms. The molecule has 0 spiro atoms. The Hall–Kier alpha value is -0.380. The van der Waals surface area contributed by atoms with Gasteiger partial charge in [0.05, 0.1) is 10.6 Å². The molecule has 0 N–H and O–H groups in total. The minimum absolute atomic E-state index is 0.790. The molecule has 0 atom stereocenters. The van der Waals surface area contributed by atoms with E-state index in [1.54, 1.807) is 11.3 Å². The smallest absolute Gasteiger partial charge is 0.135 e. The average molecular weight is 216 g/mol. The van der Waals surface area contributed by atoms with Crippen LogP contribution in [0.2, 0.25) is 4.34 Å². The molecule has 0 unspecified atom stereocenters. The third-order valence-corrected chi connectivity index (χ3v) is 3.96. The fourth-order valence-electron chi connectivity index (χ4n) is 0.883. The van der Waals surface area contributed by atoms with Crippen LogP contribution >= 0.6 is 34.3 Å². The standard InChI is InChI=1S/C8H6ClNS2/c1-5-7(9)12-8(10-5)6-3-2-4-11-6/h2-4H,1H3. The van der Waals surface area contributed by atoms with Crippen molar-refractivity contribution in [1.29, 1.82) is 0 Å². The number of aryl methyl sites for hydroxylation is 1. The fourth-order valence-corrected chi connectivity index (χ4v) is 2.74. The second-order valence-electron chi connectivity index (χ2n) is 2.36. The van der Waals surface area contributed by atoms with E-state index >= 15 is 0 Å². The minimum Gasteiger partial charge on any atom is -0.239 e. The maximum absolute atomic E-state index is 5.91. The molecule has 0 saturated heterocycles. The summed E-state index contributed by atoms with van der Waals surface area (Å²) >= 11 is 9.13. The van der Waals surface area contributed by atoms with E-state index in [4.69, 9.17) is 11.6 Å². The summed E-state index contributed by atoms with van der Waals surface area (Å²) in [7, 11) is 0. The van der Waals surface area contributed by atoms with Crippen molar-refractivity contribution in [1.82, 2.24) is 4.98 Å². The predicted octanol–water partition coefficient (Wildman–Crippen LogP) is 3.83. The summed E-state index contributed by atoms with van der Waals surface area (Å²) in [5.41, 5.74) is 0.921. The van der Waals surface area contributed by atoms with Crippen LogP contribution in [0.25, 0.3) is 9.88 Å². The Morgan fingerprint density at radius 3 is 2.83 bits per heavy atom. The highest BCUT2D eigenvalue weighted by Gasteiger charge is 2.07. The molecule has 62 valence electrons. The SMILES string of the molecule is Cc1nc(-c2cccs2)sc1Cl. The van der Waals surface area contributed by atoms with Crippen LogP contribution in [-0.2, 0) is 0 Å². The van der Waals surface area contributed by atoms with Gasteiger partial charge in [0.2, 0.25) is 0 Å². The monoisotopic (exact) mass is 215 g/mol. The van der Waals surface area contributed by atoms with Gasteiger partial charge in [0, 0.05) is 0 Å². The Bertz CT molecular complexity index is 358. The summed E-state index contributed by atoms with van der Waals surface area (Å²) in [4.78, 5) is 5.54. The maximum atomic E-state index is 5.91. The molecule has 1 nitrogen and oxygen atoms in total. The molecule has 0 fully saturated rings. The maximum Gasteiger partial charge on any atom is 0.135 e. The van der Waals surface area contributed by atoms with Crippen LogP contribution in [0.4, 0.5) is 0 Å². The first kappa shape index (κ1) is 8.23. The van der Waals surface area contributed by atoms with Crippen molar-refractivity contribution in [3.63, 3.8) is 0 Å². The summed E-state index contributed by atoms with van der Waals surface area (Å²) in [6, 6.07) is 4.07. The van der Waals surface area contributed by atoms with Gasteiger partial charge in [0.1, 0.15) is 9.34 Å². The van der Waals surface area contributed by atoms with E-state index in [0.717, 1.165) is 15.0 Å². The molecule has 0 aliphatic rings. The predicted molar refractivity (Wildman–Crippen MR) is 55.2 cm³/mol. The molecule has 0 aliphatic heterocycles. The number of rotatable bonds is 1. The fraction of sp³-hybridized carbons (Fsp3) is 0.125. The van der Waals surface area contributed by atoms with Crippen LogP contribution in [0.1, 0.15) is 5.69 Å². The molecule has 0 radical (unpaired) electrons. The third-order valence-electron chi connectivity index (χ3n) is 1.47. The molecule has 0 amide bonds. The van der Waals surface area contributed by atoms with Gasteiger partial charge in [-0.2, -0.15) is 0 Å². The van der Waals surface area contributed by atoms with Crippen molar-refractivity contribution in [2.75, 3.05) is 0 Å². The number of hydrogen-bond acceptors (Lipinski definition) is 3. The number of thiazole rings is 1. The van der Waals surface area contributed by atoms with Crippen LogP contribution in [0, 0.1) is 6.92 Å². The van der Waals surface area contributed by atoms with Crippen molar-refractivity contribution in [2.45, 2.75) is 6.92 Å². The zero-order valence-corrected chi connectivity index (χ0v) is 8.76. The number of thiophene rings is 1. The lowest BCUT2D eigenvalue weighted by Gasteiger charge is -1.84. The van der Waals surface area contributed by atoms with E-state index in [2.05, 4.69) is 11.1 Å². The van der Waals surface area contributed by atoms with Crippen LogP contribution in [-0.4, -0.2) is 4.98 Å². The summed E-state index contributed by atoms with van der Waals surface area (Å²) < 4.78 is 0.790. The zero-order chi connectivity index (χ0) is 8.55. The number of aromatic nitrogens is 1. The Kier molecular flexibility index (Phi) is 2.17. The lowest BCUT2D eigenvalue weighted by molar-refractivity contribution is 1.27. The Balaban J connectivity index is 2.48. The molecular formula is C8H6ClNS2. The van der Waals surface area contributed by atoms with Gasteiger partial charge < -0.3 is 0 Å². The number of hydrogen-bond donors (Lipinski definition) is 0. The van der Waals surface area contributed by atoms with E-state index in [-0.39, 0.29) is 0 Å². The lowest BCUT2D eigenvalue weighted by Crippen LogP contribution is -1.70. The van der Waals surface area contributed by atoms with Gasteiger partial charge in [-0.05, 0) is 18.4 Å². The highest BCUT2D eigenvalue weighted by Crippen LogP contribution is 2.33. The molecule has 4 heteroatoms. The van der Waals surface area contributed by atoms with Gasteiger partial charge in [-0.25, -0.2) is 4.98 Å². The van der Waals surface area contributed by atoms with E-state index in [1.165, 1.54) is 16.2 Å². The Morgan fingerprint density at radius 1 is 1.50 bits per heavy atom. The normalized spacial score (nSPS) is 10.5. The molecule has 0 aliphatic carbocycles. The van der Waals surface area contributed by atoms with Gasteiger partial charge in [-0.1, -0.05) is 17.7 Å². The lowest BCUT2D eigenvalue weighted by atomic mass is 10.5. The van der Waals surface area contributed by atoms with Crippen LogP contribution in [0.15, 0.2) is 17.5 Å². The van der Waals surface area contributed by atoms with Gasteiger partial charge in [-0.3, -0.25) is 0 Å². The molecule has 0 aromatic carbocycles. The first-order valence-corrected chi connectivity index (χ1v) is 5.51. The van der Waals surface area contributed by atoms with E-state index in [1.807, 2.05) is 18.4 Å². The summed E-state index contributed by atoms with van der Waals surface area (Å²) in [6.07, 6.45) is 0. The summed E-state index contributed by atoms with van der Waals surface area (Å²) in [6.45, 7) is 1.93. The first-order valence-electron chi connectivity index (χ1n) is 3.44. The van der Waals surface area contributed by atoms with Crippen LogP contribution < -0.4 is 0 Å². The van der Waals surface area contributed by atoms with Crippen LogP contribution in [0.5, 0.6) is 0 Å². The highest BCUT2D eigenvalue weighted by molar-refractivity contribution is 7.23. The van der Waals surface area contributed by atoms with E-state index in [9.17, 15) is 0 Å². The zero-order valence-electron chi connectivity index (χ0n) is 6.37. The largest absolute Gasteiger partial charge is 0.239 e. The average Bonchev–Trinajstić information content (AvgIpc) is 2.61. The Morgan fingerprint density at radius 2 is 2.33 bits per heavy atom. The minimum atomic E-state index is 0.790. The molecular weight excluding hydrogens is 210 g/mol. The number of halogens is 1. The van der Waals surface area contributed by atoms with Crippen LogP contribution in [0.3, 0.4) is 0 Å². The molecule has 2 aromatic heterocycles. The highest BCUT2D eigenvalue weighted by atomic mass is 35.5. The molecule has 2 rings (SSSR count). The van der Waals surface area contributed by atoms with E-state index in [0.29, 0.717) is 0 Å². The molecule has 12 heavy (non-hydrogen) atoms. The van der Waals surface area contributed by atoms with Crippen molar-refractivity contribution in [3.05, 3.63) is 27.5 Å². The van der Waals surface area contributed by atoms with Gasteiger partial charge in [-0.15, -0.1) is 22.7 Å². The summed E-state index contributed by atoms with van der Waals surface area (Å²) in [5.74, 6) is 0. The second kappa shape index (κ2) is 3.17. The molecule has 2 aromatic rings. The van der Waals surface area contributed by atoms with Crippen molar-refractivity contribution >= 4 is 34.3 Å². The second-order valence-corrected chi connectivity index (χ2v) is 4.90. The molecule has 0 saturated carbocycles. The van der Waals surface area contributed by atoms with Gasteiger partial charge in [0.15, 0.2) is 0 Å². The topological polar surface area (TPSA) is 12.9 Å².